The molecule has 50 valence electrons. The fourth-order valence-electron chi connectivity index (χ4n) is 0.206. The van der Waals surface area contributed by atoms with Gasteiger partial charge in [0.05, 0.1) is 24.0 Å². The second kappa shape index (κ2) is 4.39. The van der Waals surface area contributed by atoms with Crippen molar-refractivity contribution in [3.05, 3.63) is 0 Å². The summed E-state index contributed by atoms with van der Waals surface area (Å²) in [5.74, 6) is 0.0434. The van der Waals surface area contributed by atoms with Crippen molar-refractivity contribution in [3.63, 3.8) is 0 Å². The van der Waals surface area contributed by atoms with E-state index in [1.54, 1.807) is 0 Å². The van der Waals surface area contributed by atoms with E-state index in [-0.39, 0.29) is 11.8 Å². The van der Waals surface area contributed by atoms with E-state index in [1.165, 1.54) is 0 Å². The molecule has 0 aromatic carbocycles. The Morgan fingerprint density at radius 3 is 1.38 bits per heavy atom. The van der Waals surface area contributed by atoms with Gasteiger partial charge in [-0.25, -0.2) is 0 Å². The number of aliphatic hydroxyl groups excluding tert-OH is 2. The number of aliphatic hydroxyl groups is 2. The van der Waals surface area contributed by atoms with Gasteiger partial charge in [-0.2, -0.15) is 0 Å². The zero-order chi connectivity index (χ0) is 6.57. The van der Waals surface area contributed by atoms with E-state index in [0.29, 0.717) is 0 Å². The Morgan fingerprint density at radius 2 is 1.25 bits per heavy atom. The van der Waals surface area contributed by atoms with Crippen molar-refractivity contribution in [3.8, 4) is 0 Å². The van der Waals surface area contributed by atoms with Gasteiger partial charge >= 0.3 is 0 Å². The Morgan fingerprint density at radius 1 is 1.00 bits per heavy atom. The maximum atomic E-state index is 8.66. The lowest BCUT2D eigenvalue weighted by molar-refractivity contribution is 0.0483. The van der Waals surface area contributed by atoms with Gasteiger partial charge in [0.25, 0.3) is 0 Å². The van der Waals surface area contributed by atoms with Gasteiger partial charge in [0.15, 0.2) is 0 Å². The van der Waals surface area contributed by atoms with Crippen LogP contribution in [-0.4, -0.2) is 34.2 Å². The minimum atomic E-state index is -0.894. The molecule has 4 heteroatoms. The largest absolute Gasteiger partial charge is 0.389 e. The van der Waals surface area contributed by atoms with E-state index in [4.69, 9.17) is 33.4 Å². The summed E-state index contributed by atoms with van der Waals surface area (Å²) in [5.41, 5.74) is 0. The Bertz CT molecular complexity index is 52.0. The molecule has 0 unspecified atom stereocenters. The number of hydrogen-bond donors (Lipinski definition) is 2. The van der Waals surface area contributed by atoms with Gasteiger partial charge in [0, 0.05) is 0 Å². The summed E-state index contributed by atoms with van der Waals surface area (Å²) in [6.07, 6.45) is -1.79. The molecule has 0 amide bonds. The van der Waals surface area contributed by atoms with Gasteiger partial charge in [0.2, 0.25) is 0 Å². The van der Waals surface area contributed by atoms with Crippen LogP contribution in [0.4, 0.5) is 0 Å². The van der Waals surface area contributed by atoms with Crippen molar-refractivity contribution in [2.24, 2.45) is 0 Å². The summed E-state index contributed by atoms with van der Waals surface area (Å²) < 4.78 is 0. The van der Waals surface area contributed by atoms with Crippen LogP contribution in [0.1, 0.15) is 0 Å². The predicted molar refractivity (Wildman–Crippen MR) is 33.5 cm³/mol. The third-order valence-corrected chi connectivity index (χ3v) is 1.39. The Hall–Kier alpha value is 0.500. The van der Waals surface area contributed by atoms with Crippen LogP contribution < -0.4 is 0 Å². The molecular formula is C4H8Cl2O2. The lowest BCUT2D eigenvalue weighted by atomic mass is 10.3. The number of hydrogen-bond acceptors (Lipinski definition) is 2. The molecule has 0 aliphatic carbocycles. The molecular weight excluding hydrogens is 151 g/mol. The molecule has 0 rings (SSSR count). The Kier molecular flexibility index (Phi) is 4.66. The number of alkyl halides is 2. The van der Waals surface area contributed by atoms with Crippen LogP contribution in [0, 0.1) is 0 Å². The van der Waals surface area contributed by atoms with Crippen LogP contribution >= 0.6 is 23.2 Å². The Balaban J connectivity index is 3.29. The molecule has 0 aliphatic rings. The van der Waals surface area contributed by atoms with Crippen LogP contribution in [-0.2, 0) is 0 Å². The average molecular weight is 159 g/mol. The van der Waals surface area contributed by atoms with Crippen molar-refractivity contribution in [2.75, 3.05) is 11.8 Å². The first-order valence-electron chi connectivity index (χ1n) is 2.20. The summed E-state index contributed by atoms with van der Waals surface area (Å²) in [6.45, 7) is 0. The van der Waals surface area contributed by atoms with Crippen LogP contribution in [0.2, 0.25) is 0 Å². The summed E-state index contributed by atoms with van der Waals surface area (Å²) in [7, 11) is 0. The molecule has 0 heterocycles. The summed E-state index contributed by atoms with van der Waals surface area (Å²) in [4.78, 5) is 0. The molecule has 0 aliphatic heterocycles. The third kappa shape index (κ3) is 2.72. The minimum absolute atomic E-state index is 0.0217. The molecule has 2 N–H and O–H groups in total. The fraction of sp³-hybridized carbons (Fsp3) is 1.00. The smallest absolute Gasteiger partial charge is 0.0945 e. The van der Waals surface area contributed by atoms with Crippen molar-refractivity contribution in [2.45, 2.75) is 12.2 Å². The van der Waals surface area contributed by atoms with Crippen molar-refractivity contribution < 1.29 is 10.2 Å². The molecule has 0 saturated carbocycles. The molecule has 0 spiro atoms. The summed E-state index contributed by atoms with van der Waals surface area (Å²) >= 11 is 10.3. The maximum Gasteiger partial charge on any atom is 0.0945 e. The quantitative estimate of drug-likeness (QED) is 0.577. The first-order chi connectivity index (χ1) is 3.72. The van der Waals surface area contributed by atoms with Crippen LogP contribution in [0.3, 0.4) is 0 Å². The van der Waals surface area contributed by atoms with Crippen molar-refractivity contribution >= 4 is 23.2 Å². The van der Waals surface area contributed by atoms with Crippen molar-refractivity contribution in [1.82, 2.24) is 0 Å². The minimum Gasteiger partial charge on any atom is -0.389 e. The van der Waals surface area contributed by atoms with E-state index in [1.807, 2.05) is 0 Å². The first-order valence-corrected chi connectivity index (χ1v) is 3.27. The molecule has 8 heavy (non-hydrogen) atoms. The highest BCUT2D eigenvalue weighted by molar-refractivity contribution is 6.19. The molecule has 0 fully saturated rings. The van der Waals surface area contributed by atoms with Crippen LogP contribution in [0.15, 0.2) is 0 Å². The van der Waals surface area contributed by atoms with Gasteiger partial charge in [-0.1, -0.05) is 0 Å². The van der Waals surface area contributed by atoms with Crippen LogP contribution in [0.5, 0.6) is 0 Å². The lowest BCUT2D eigenvalue weighted by Crippen LogP contribution is -2.28. The van der Waals surface area contributed by atoms with Gasteiger partial charge in [-0.05, 0) is 0 Å². The zero-order valence-electron chi connectivity index (χ0n) is 4.22. The van der Waals surface area contributed by atoms with Crippen molar-refractivity contribution in [1.29, 1.82) is 0 Å². The molecule has 0 bridgehead atoms. The van der Waals surface area contributed by atoms with E-state index in [9.17, 15) is 0 Å². The van der Waals surface area contributed by atoms with Gasteiger partial charge in [0.1, 0.15) is 0 Å². The van der Waals surface area contributed by atoms with E-state index in [0.717, 1.165) is 0 Å². The SMILES string of the molecule is O[C@@H](CCl)[C@@H](O)CCl. The molecule has 2 nitrogen and oxygen atoms in total. The van der Waals surface area contributed by atoms with Gasteiger partial charge in [-0.3, -0.25) is 0 Å². The number of rotatable bonds is 3. The Labute approximate surface area is 58.0 Å². The first kappa shape index (κ1) is 8.50. The lowest BCUT2D eigenvalue weighted by Gasteiger charge is -2.10. The second-order valence-corrected chi connectivity index (χ2v) is 2.06. The highest BCUT2D eigenvalue weighted by Gasteiger charge is 2.12. The standard InChI is InChI=1S/C4H8Cl2O2/c5-1-3(7)4(8)2-6/h3-4,7-8H,1-2H2/t3-,4-/m0/s1. The van der Waals surface area contributed by atoms with Gasteiger partial charge < -0.3 is 10.2 Å². The topological polar surface area (TPSA) is 40.5 Å². The van der Waals surface area contributed by atoms with Gasteiger partial charge in [-0.15, -0.1) is 23.2 Å². The average Bonchev–Trinajstić information content (AvgIpc) is 1.84. The van der Waals surface area contributed by atoms with E-state index in [2.05, 4.69) is 0 Å². The second-order valence-electron chi connectivity index (χ2n) is 1.44. The van der Waals surface area contributed by atoms with E-state index < -0.39 is 12.2 Å². The third-order valence-electron chi connectivity index (χ3n) is 0.760. The normalized spacial score (nSPS) is 18.0. The van der Waals surface area contributed by atoms with Crippen LogP contribution in [0.25, 0.3) is 0 Å². The molecule has 0 aromatic rings. The predicted octanol–water partition coefficient (Wildman–Crippen LogP) is 0.186. The summed E-state index contributed by atoms with van der Waals surface area (Å²) in [5, 5.41) is 17.3. The maximum absolute atomic E-state index is 8.66. The molecule has 0 aromatic heterocycles. The molecule has 0 radical (unpaired) electrons. The highest BCUT2D eigenvalue weighted by Crippen LogP contribution is 1.97. The fourth-order valence-corrected chi connectivity index (χ4v) is 0.617. The monoisotopic (exact) mass is 158 g/mol. The summed E-state index contributed by atoms with van der Waals surface area (Å²) in [6, 6.07) is 0. The number of halogens is 2. The zero-order valence-corrected chi connectivity index (χ0v) is 5.73. The highest BCUT2D eigenvalue weighted by atomic mass is 35.5. The molecule has 2 atom stereocenters. The van der Waals surface area contributed by atoms with E-state index >= 15 is 0 Å². The molecule has 0 saturated heterocycles.